The molecular formula is C35H53N3O9S. The van der Waals surface area contributed by atoms with Crippen molar-refractivity contribution in [2.45, 2.75) is 108 Å². The van der Waals surface area contributed by atoms with Crippen molar-refractivity contribution >= 4 is 40.4 Å². The molecule has 268 valence electrons. The van der Waals surface area contributed by atoms with Crippen LogP contribution in [0.25, 0.3) is 0 Å². The first-order chi connectivity index (χ1) is 23.4. The van der Waals surface area contributed by atoms with Crippen LogP contribution in [0.15, 0.2) is 47.4 Å². The lowest BCUT2D eigenvalue weighted by atomic mass is 10.1. The standard InChI is InChI=1S/C35H53N3O9S/c1-3-5-7-13-31(26-44-23-11-9-21-39)46-34-20-19-33(48(42,43)38-30-17-15-29(16-18-30)37-36-28-41)25-35(34)47-32(14-8-6-4-2)27-45-24-12-10-22-40/h15-22,25,28,31-32,37-38H,3-14,23-24,26-27H2,1-2H3,(H,36,41). The van der Waals surface area contributed by atoms with Crippen LogP contribution in [0.5, 0.6) is 11.5 Å². The quantitative estimate of drug-likeness (QED) is 0.0489. The van der Waals surface area contributed by atoms with E-state index in [0.29, 0.717) is 75.5 Å². The van der Waals surface area contributed by atoms with Gasteiger partial charge in [-0.2, -0.15) is 0 Å². The van der Waals surface area contributed by atoms with E-state index in [1.165, 1.54) is 12.1 Å². The second-order valence-electron chi connectivity index (χ2n) is 11.4. The largest absolute Gasteiger partial charge is 0.484 e. The highest BCUT2D eigenvalue weighted by Crippen LogP contribution is 2.34. The molecule has 2 atom stereocenters. The summed E-state index contributed by atoms with van der Waals surface area (Å²) in [6.07, 6.45) is 11.0. The number of sulfonamides is 1. The van der Waals surface area contributed by atoms with Gasteiger partial charge in [0, 0.05) is 37.8 Å². The van der Waals surface area contributed by atoms with Gasteiger partial charge < -0.3 is 28.5 Å². The highest BCUT2D eigenvalue weighted by molar-refractivity contribution is 7.92. The van der Waals surface area contributed by atoms with E-state index in [1.54, 1.807) is 30.3 Å². The number of hydrogen-bond donors (Lipinski definition) is 3. The molecule has 13 heteroatoms. The number of hydrogen-bond acceptors (Lipinski definition) is 10. The Morgan fingerprint density at radius 1 is 0.688 bits per heavy atom. The molecule has 1 amide bonds. The van der Waals surface area contributed by atoms with E-state index in [2.05, 4.69) is 29.4 Å². The highest BCUT2D eigenvalue weighted by atomic mass is 32.2. The molecule has 0 aromatic heterocycles. The molecule has 2 rings (SSSR count). The van der Waals surface area contributed by atoms with Gasteiger partial charge in [-0.3, -0.25) is 20.4 Å². The maximum absolute atomic E-state index is 13.5. The Balaban J connectivity index is 2.38. The first-order valence-corrected chi connectivity index (χ1v) is 18.4. The number of unbranched alkanes of at least 4 members (excludes halogenated alkanes) is 6. The lowest BCUT2D eigenvalue weighted by Crippen LogP contribution is -2.26. The van der Waals surface area contributed by atoms with Crippen molar-refractivity contribution in [3.63, 3.8) is 0 Å². The summed E-state index contributed by atoms with van der Waals surface area (Å²) < 4.78 is 54.3. The minimum Gasteiger partial charge on any atom is -0.484 e. The number of benzene rings is 2. The van der Waals surface area contributed by atoms with Crippen LogP contribution in [-0.4, -0.2) is 66.0 Å². The maximum Gasteiger partial charge on any atom is 0.262 e. The van der Waals surface area contributed by atoms with Gasteiger partial charge in [0.15, 0.2) is 11.5 Å². The van der Waals surface area contributed by atoms with Gasteiger partial charge in [-0.05, 0) is 74.9 Å². The van der Waals surface area contributed by atoms with Crippen molar-refractivity contribution in [3.05, 3.63) is 42.5 Å². The number of hydrazine groups is 1. The van der Waals surface area contributed by atoms with Gasteiger partial charge in [-0.25, -0.2) is 8.42 Å². The number of carbonyl (C=O) groups excluding carboxylic acids is 3. The minimum atomic E-state index is -4.03. The van der Waals surface area contributed by atoms with E-state index in [1.807, 2.05) is 0 Å². The van der Waals surface area contributed by atoms with Crippen molar-refractivity contribution in [1.82, 2.24) is 5.43 Å². The Morgan fingerprint density at radius 2 is 1.23 bits per heavy atom. The Labute approximate surface area is 285 Å². The van der Waals surface area contributed by atoms with Crippen LogP contribution in [0.2, 0.25) is 0 Å². The third-order valence-corrected chi connectivity index (χ3v) is 8.69. The molecule has 0 bridgehead atoms. The van der Waals surface area contributed by atoms with Gasteiger partial charge in [0.25, 0.3) is 10.0 Å². The molecule has 0 spiro atoms. The zero-order chi connectivity index (χ0) is 34.9. The summed E-state index contributed by atoms with van der Waals surface area (Å²) in [6, 6.07) is 10.9. The molecule has 0 aliphatic heterocycles. The summed E-state index contributed by atoms with van der Waals surface area (Å²) in [4.78, 5) is 32.0. The van der Waals surface area contributed by atoms with Gasteiger partial charge in [0.05, 0.1) is 23.8 Å². The third-order valence-electron chi connectivity index (χ3n) is 7.31. The van der Waals surface area contributed by atoms with Crippen LogP contribution < -0.4 is 25.0 Å². The number of aldehydes is 2. The molecule has 0 fully saturated rings. The zero-order valence-corrected chi connectivity index (χ0v) is 29.1. The molecular weight excluding hydrogens is 638 g/mol. The van der Waals surface area contributed by atoms with E-state index in [-0.39, 0.29) is 29.5 Å². The van der Waals surface area contributed by atoms with E-state index < -0.39 is 10.0 Å². The second-order valence-corrected chi connectivity index (χ2v) is 13.1. The van der Waals surface area contributed by atoms with Crippen molar-refractivity contribution in [1.29, 1.82) is 0 Å². The molecule has 2 unspecified atom stereocenters. The SMILES string of the molecule is CCCCCC(COCCCC=O)Oc1ccc(S(=O)(=O)Nc2ccc(NNC=O)cc2)cc1OC(CCCCC)COCCCC=O. The van der Waals surface area contributed by atoms with E-state index in [9.17, 15) is 22.8 Å². The molecule has 0 aliphatic rings. The van der Waals surface area contributed by atoms with Crippen molar-refractivity contribution in [2.24, 2.45) is 0 Å². The fourth-order valence-corrected chi connectivity index (χ4v) is 5.79. The van der Waals surface area contributed by atoms with Crippen molar-refractivity contribution < 1.29 is 41.7 Å². The fourth-order valence-electron chi connectivity index (χ4n) is 4.72. The summed E-state index contributed by atoms with van der Waals surface area (Å²) in [6.45, 7) is 5.68. The lowest BCUT2D eigenvalue weighted by Gasteiger charge is -2.25. The zero-order valence-electron chi connectivity index (χ0n) is 28.3. The van der Waals surface area contributed by atoms with Gasteiger partial charge in [0.1, 0.15) is 24.8 Å². The fraction of sp³-hybridized carbons (Fsp3) is 0.571. The van der Waals surface area contributed by atoms with Crippen LogP contribution in [0.1, 0.15) is 90.9 Å². The predicted molar refractivity (Wildman–Crippen MR) is 186 cm³/mol. The molecule has 0 heterocycles. The lowest BCUT2D eigenvalue weighted by molar-refractivity contribution is -0.109. The number of carbonyl (C=O) groups is 3. The minimum absolute atomic E-state index is 0.0125. The number of ether oxygens (including phenoxy) is 4. The summed E-state index contributed by atoms with van der Waals surface area (Å²) in [5.41, 5.74) is 5.91. The van der Waals surface area contributed by atoms with Crippen LogP contribution >= 0.6 is 0 Å². The van der Waals surface area contributed by atoms with Crippen LogP contribution in [0, 0.1) is 0 Å². The van der Waals surface area contributed by atoms with E-state index in [0.717, 1.165) is 57.5 Å². The normalized spacial score (nSPS) is 12.5. The number of rotatable bonds is 30. The van der Waals surface area contributed by atoms with E-state index >= 15 is 0 Å². The molecule has 12 nitrogen and oxygen atoms in total. The second kappa shape index (κ2) is 24.5. The Bertz CT molecular complexity index is 1290. The maximum atomic E-state index is 13.5. The smallest absolute Gasteiger partial charge is 0.262 e. The average molecular weight is 692 g/mol. The molecule has 0 aliphatic carbocycles. The summed E-state index contributed by atoms with van der Waals surface area (Å²) in [5, 5.41) is 0. The molecule has 48 heavy (non-hydrogen) atoms. The van der Waals surface area contributed by atoms with Crippen LogP contribution in [-0.2, 0) is 33.9 Å². The van der Waals surface area contributed by atoms with Crippen molar-refractivity contribution in [3.8, 4) is 11.5 Å². The number of anilines is 2. The first kappa shape index (κ1) is 40.5. The Kier molecular flexibility index (Phi) is 20.6. The topological polar surface area (TPSA) is 158 Å². The summed E-state index contributed by atoms with van der Waals surface area (Å²) in [7, 11) is -4.03. The number of amides is 1. The van der Waals surface area contributed by atoms with Gasteiger partial charge in [-0.15, -0.1) is 0 Å². The van der Waals surface area contributed by atoms with Gasteiger partial charge in [-0.1, -0.05) is 39.5 Å². The molecule has 0 saturated carbocycles. The molecule has 0 radical (unpaired) electrons. The highest BCUT2D eigenvalue weighted by Gasteiger charge is 2.22. The Morgan fingerprint density at radius 3 is 1.75 bits per heavy atom. The third kappa shape index (κ3) is 16.4. The molecule has 2 aromatic carbocycles. The number of nitrogens with one attached hydrogen (secondary N) is 3. The summed E-state index contributed by atoms with van der Waals surface area (Å²) in [5.74, 6) is 0.670. The molecule has 2 aromatic rings. The molecule has 0 saturated heterocycles. The Hall–Kier alpha value is -3.68. The van der Waals surface area contributed by atoms with E-state index in [4.69, 9.17) is 18.9 Å². The molecule has 3 N–H and O–H groups in total. The monoisotopic (exact) mass is 691 g/mol. The van der Waals surface area contributed by atoms with Crippen LogP contribution in [0.4, 0.5) is 11.4 Å². The van der Waals surface area contributed by atoms with Crippen LogP contribution in [0.3, 0.4) is 0 Å². The van der Waals surface area contributed by atoms with Gasteiger partial charge in [0.2, 0.25) is 6.41 Å². The summed E-state index contributed by atoms with van der Waals surface area (Å²) >= 11 is 0. The van der Waals surface area contributed by atoms with Gasteiger partial charge >= 0.3 is 0 Å². The van der Waals surface area contributed by atoms with Crippen molar-refractivity contribution in [2.75, 3.05) is 36.6 Å². The average Bonchev–Trinajstić information content (AvgIpc) is 3.08. The first-order valence-electron chi connectivity index (χ1n) is 16.9. The predicted octanol–water partition coefficient (Wildman–Crippen LogP) is 6.21.